The first-order valence-corrected chi connectivity index (χ1v) is 13.4. The molecule has 0 bridgehead atoms. The van der Waals surface area contributed by atoms with Gasteiger partial charge >= 0.3 is 0 Å². The number of rotatable bonds is 7. The molecule has 4 aromatic rings. The molecule has 1 aromatic heterocycles. The molecule has 0 unspecified atom stereocenters. The van der Waals surface area contributed by atoms with E-state index in [-0.39, 0.29) is 17.5 Å². The number of thiazole rings is 1. The number of hydrogen-bond acceptors (Lipinski definition) is 5. The van der Waals surface area contributed by atoms with Crippen molar-refractivity contribution in [1.29, 1.82) is 0 Å². The molecule has 0 aliphatic rings. The number of nitrogens with zero attached hydrogens (tertiary/aromatic N) is 2. The quantitative estimate of drug-likeness (QED) is 0.295. The summed E-state index contributed by atoms with van der Waals surface area (Å²) in [6.07, 6.45) is 0. The number of aromatic nitrogens is 1. The van der Waals surface area contributed by atoms with Crippen LogP contribution in [0.1, 0.15) is 29.8 Å². The van der Waals surface area contributed by atoms with Gasteiger partial charge in [0.1, 0.15) is 5.52 Å². The van der Waals surface area contributed by atoms with Gasteiger partial charge in [-0.3, -0.25) is 10.1 Å². The lowest BCUT2D eigenvalue weighted by atomic mass is 10.2. The van der Waals surface area contributed by atoms with E-state index >= 15 is 0 Å². The van der Waals surface area contributed by atoms with Crippen LogP contribution in [0.3, 0.4) is 0 Å². The molecule has 4 rings (SSSR count). The third-order valence-corrected chi connectivity index (χ3v) is 8.92. The molecule has 34 heavy (non-hydrogen) atoms. The molecule has 3 aromatic carbocycles. The van der Waals surface area contributed by atoms with Crippen molar-refractivity contribution >= 4 is 65.8 Å². The molecule has 0 spiro atoms. The summed E-state index contributed by atoms with van der Waals surface area (Å²) in [4.78, 5) is 17.2. The summed E-state index contributed by atoms with van der Waals surface area (Å²) < 4.78 is 28.8. The van der Waals surface area contributed by atoms with E-state index < -0.39 is 15.9 Å². The van der Waals surface area contributed by atoms with Gasteiger partial charge < -0.3 is 0 Å². The topological polar surface area (TPSA) is 79.4 Å². The molecule has 1 heterocycles. The van der Waals surface area contributed by atoms with Gasteiger partial charge in [0, 0.05) is 18.2 Å². The van der Waals surface area contributed by atoms with Gasteiger partial charge in [0.05, 0.1) is 19.6 Å². The highest BCUT2D eigenvalue weighted by atomic mass is 35.5. The maximum atomic E-state index is 13.3. The minimum Gasteiger partial charge on any atom is -0.298 e. The van der Waals surface area contributed by atoms with Gasteiger partial charge in [-0.2, -0.15) is 4.31 Å². The maximum absolute atomic E-state index is 13.3. The second-order valence-electron chi connectivity index (χ2n) is 7.84. The Balaban J connectivity index is 1.53. The van der Waals surface area contributed by atoms with Crippen LogP contribution < -0.4 is 5.32 Å². The van der Waals surface area contributed by atoms with E-state index in [1.54, 1.807) is 12.1 Å². The fourth-order valence-corrected chi connectivity index (χ4v) is 6.29. The Bertz CT molecular complexity index is 1440. The summed E-state index contributed by atoms with van der Waals surface area (Å²) in [6.45, 7) is 3.92. The smallest absolute Gasteiger partial charge is 0.257 e. The fourth-order valence-electron chi connectivity index (χ4n) is 3.38. The Morgan fingerprint density at radius 3 is 2.35 bits per heavy atom. The number of halogens is 2. The zero-order valence-electron chi connectivity index (χ0n) is 18.3. The standard InChI is InChI=1S/C24H21Cl2N3O3S2/c1-15(2)29(14-16-6-4-3-5-7-16)34(31,32)18-10-8-17(9-11-18)23(30)28-24-27-22-20(33-24)13-12-19(25)21(22)26/h3-13,15H,14H2,1-2H3,(H,27,28,30). The summed E-state index contributed by atoms with van der Waals surface area (Å²) in [5.41, 5.74) is 1.72. The van der Waals surface area contributed by atoms with Crippen LogP contribution in [-0.2, 0) is 16.6 Å². The van der Waals surface area contributed by atoms with E-state index in [4.69, 9.17) is 23.2 Å². The first kappa shape index (κ1) is 24.6. The van der Waals surface area contributed by atoms with Gasteiger partial charge in [-0.15, -0.1) is 0 Å². The number of carbonyl (C=O) groups is 1. The normalized spacial score (nSPS) is 11.9. The Kier molecular flexibility index (Phi) is 7.25. The van der Waals surface area contributed by atoms with Gasteiger partial charge in [-0.05, 0) is 55.8 Å². The van der Waals surface area contributed by atoms with Crippen molar-refractivity contribution in [3.63, 3.8) is 0 Å². The summed E-state index contributed by atoms with van der Waals surface area (Å²) in [7, 11) is -3.76. The minimum atomic E-state index is -3.76. The second kappa shape index (κ2) is 10.0. The van der Waals surface area contributed by atoms with Crippen LogP contribution in [0, 0.1) is 0 Å². The van der Waals surface area contributed by atoms with Crippen LogP contribution in [0.4, 0.5) is 5.13 Å². The van der Waals surface area contributed by atoms with Crippen LogP contribution in [0.5, 0.6) is 0 Å². The van der Waals surface area contributed by atoms with E-state index in [9.17, 15) is 13.2 Å². The van der Waals surface area contributed by atoms with Crippen molar-refractivity contribution in [1.82, 2.24) is 9.29 Å². The lowest BCUT2D eigenvalue weighted by Gasteiger charge is -2.26. The molecule has 176 valence electrons. The first-order chi connectivity index (χ1) is 16.2. The fraction of sp³-hybridized carbons (Fsp3) is 0.167. The van der Waals surface area contributed by atoms with E-state index in [2.05, 4.69) is 10.3 Å². The third-order valence-electron chi connectivity index (χ3n) is 5.15. The Morgan fingerprint density at radius 2 is 1.71 bits per heavy atom. The Labute approximate surface area is 212 Å². The number of fused-ring (bicyclic) bond motifs is 1. The number of sulfonamides is 1. The van der Waals surface area contributed by atoms with Crippen LogP contribution in [0.25, 0.3) is 10.2 Å². The van der Waals surface area contributed by atoms with E-state index in [1.807, 2.05) is 44.2 Å². The zero-order valence-corrected chi connectivity index (χ0v) is 21.5. The number of nitrogens with one attached hydrogen (secondary N) is 1. The summed E-state index contributed by atoms with van der Waals surface area (Å²) >= 11 is 13.5. The van der Waals surface area contributed by atoms with Crippen molar-refractivity contribution in [3.8, 4) is 0 Å². The molecule has 0 atom stereocenters. The van der Waals surface area contributed by atoms with Crippen molar-refractivity contribution in [2.45, 2.75) is 31.3 Å². The lowest BCUT2D eigenvalue weighted by Crippen LogP contribution is -2.36. The third kappa shape index (κ3) is 5.11. The molecule has 0 saturated carbocycles. The average Bonchev–Trinajstić information content (AvgIpc) is 3.23. The predicted octanol–water partition coefficient (Wildman–Crippen LogP) is 6.45. The van der Waals surface area contributed by atoms with E-state index in [0.29, 0.717) is 26.3 Å². The van der Waals surface area contributed by atoms with Gasteiger partial charge in [-0.25, -0.2) is 13.4 Å². The lowest BCUT2D eigenvalue weighted by molar-refractivity contribution is 0.102. The number of anilines is 1. The predicted molar refractivity (Wildman–Crippen MR) is 138 cm³/mol. The number of carbonyl (C=O) groups excluding carboxylic acids is 1. The SMILES string of the molecule is CC(C)N(Cc1ccccc1)S(=O)(=O)c1ccc(C(=O)Nc2nc3c(Cl)c(Cl)ccc3s2)cc1. The van der Waals surface area contributed by atoms with Crippen LogP contribution in [-0.4, -0.2) is 29.7 Å². The molecule has 0 saturated heterocycles. The van der Waals surface area contributed by atoms with Crippen molar-refractivity contribution in [3.05, 3.63) is 87.9 Å². The summed E-state index contributed by atoms with van der Waals surface area (Å²) in [5, 5.41) is 3.82. The van der Waals surface area contributed by atoms with Gasteiger partial charge in [-0.1, -0.05) is 64.9 Å². The Morgan fingerprint density at radius 1 is 1.03 bits per heavy atom. The summed E-state index contributed by atoms with van der Waals surface area (Å²) in [5.74, 6) is -0.407. The van der Waals surface area contributed by atoms with Crippen LogP contribution in [0.2, 0.25) is 10.0 Å². The highest BCUT2D eigenvalue weighted by molar-refractivity contribution is 7.89. The number of amides is 1. The molecule has 6 nitrogen and oxygen atoms in total. The van der Waals surface area contributed by atoms with E-state index in [1.165, 1.54) is 39.9 Å². The minimum absolute atomic E-state index is 0.120. The molecule has 0 radical (unpaired) electrons. The first-order valence-electron chi connectivity index (χ1n) is 10.4. The second-order valence-corrected chi connectivity index (χ2v) is 11.5. The monoisotopic (exact) mass is 533 g/mol. The van der Waals surface area contributed by atoms with Crippen LogP contribution in [0.15, 0.2) is 71.6 Å². The summed E-state index contributed by atoms with van der Waals surface area (Å²) in [6, 6.07) is 18.5. The zero-order chi connectivity index (χ0) is 24.5. The van der Waals surface area contributed by atoms with Crippen molar-refractivity contribution in [2.24, 2.45) is 0 Å². The van der Waals surface area contributed by atoms with E-state index in [0.717, 1.165) is 10.3 Å². The van der Waals surface area contributed by atoms with Gasteiger partial charge in [0.2, 0.25) is 10.0 Å². The largest absolute Gasteiger partial charge is 0.298 e. The highest BCUT2D eigenvalue weighted by Gasteiger charge is 2.27. The molecular formula is C24H21Cl2N3O3S2. The molecular weight excluding hydrogens is 513 g/mol. The molecule has 0 aliphatic carbocycles. The number of benzene rings is 3. The van der Waals surface area contributed by atoms with Gasteiger partial charge in [0.25, 0.3) is 5.91 Å². The molecule has 10 heteroatoms. The Hall–Kier alpha value is -2.49. The highest BCUT2D eigenvalue weighted by Crippen LogP contribution is 2.35. The van der Waals surface area contributed by atoms with Gasteiger partial charge in [0.15, 0.2) is 5.13 Å². The van der Waals surface area contributed by atoms with Crippen LogP contribution >= 0.6 is 34.5 Å². The van der Waals surface area contributed by atoms with Crippen molar-refractivity contribution in [2.75, 3.05) is 5.32 Å². The maximum Gasteiger partial charge on any atom is 0.257 e. The van der Waals surface area contributed by atoms with Crippen molar-refractivity contribution < 1.29 is 13.2 Å². The number of hydrogen-bond donors (Lipinski definition) is 1. The molecule has 0 fully saturated rings. The molecule has 1 N–H and O–H groups in total. The average molecular weight is 534 g/mol. The molecule has 0 aliphatic heterocycles. The molecule has 1 amide bonds.